The third-order valence-corrected chi connectivity index (χ3v) is 6.24. The maximum absolute atomic E-state index is 12.9. The summed E-state index contributed by atoms with van der Waals surface area (Å²) in [6, 6.07) is 22.5. The molecule has 0 bridgehead atoms. The van der Waals surface area contributed by atoms with Gasteiger partial charge in [0.15, 0.2) is 0 Å². The van der Waals surface area contributed by atoms with E-state index in [-0.39, 0.29) is 11.8 Å². The van der Waals surface area contributed by atoms with Crippen molar-refractivity contribution in [2.75, 3.05) is 36.4 Å². The van der Waals surface area contributed by atoms with E-state index in [1.165, 1.54) is 5.56 Å². The second-order valence-electron chi connectivity index (χ2n) is 8.53. The average molecular weight is 462 g/mol. The standard InChI is InChI=1S/C27H28ClN3O2/c1-19(2)20-7-9-21(10-8-20)26(32)29-24-5-3-4-6-25(24)30-15-17-31(18-16-30)27(33)22-11-13-23(28)14-12-22/h3-14,19H,15-18H2,1-2H3,(H,29,32). The zero-order valence-corrected chi connectivity index (χ0v) is 19.7. The predicted octanol–water partition coefficient (Wildman–Crippen LogP) is 5.68. The van der Waals surface area contributed by atoms with Gasteiger partial charge in [0.1, 0.15) is 0 Å². The van der Waals surface area contributed by atoms with Crippen molar-refractivity contribution in [1.82, 2.24) is 4.90 Å². The van der Waals surface area contributed by atoms with Crippen LogP contribution in [0.5, 0.6) is 0 Å². The van der Waals surface area contributed by atoms with E-state index in [4.69, 9.17) is 11.6 Å². The van der Waals surface area contributed by atoms with Gasteiger partial charge < -0.3 is 15.1 Å². The fourth-order valence-corrected chi connectivity index (χ4v) is 4.12. The number of carbonyl (C=O) groups is 2. The molecular weight excluding hydrogens is 434 g/mol. The molecule has 0 saturated carbocycles. The number of anilines is 2. The number of nitrogens with zero attached hydrogens (tertiary/aromatic N) is 2. The summed E-state index contributed by atoms with van der Waals surface area (Å²) in [6.07, 6.45) is 0. The van der Waals surface area contributed by atoms with Gasteiger partial charge in [0.2, 0.25) is 0 Å². The minimum Gasteiger partial charge on any atom is -0.366 e. The Morgan fingerprint density at radius 3 is 2.06 bits per heavy atom. The van der Waals surface area contributed by atoms with Crippen LogP contribution >= 0.6 is 11.6 Å². The van der Waals surface area contributed by atoms with Crippen LogP contribution in [-0.2, 0) is 0 Å². The Morgan fingerprint density at radius 2 is 1.42 bits per heavy atom. The number of benzene rings is 3. The summed E-state index contributed by atoms with van der Waals surface area (Å²) in [4.78, 5) is 29.7. The molecule has 33 heavy (non-hydrogen) atoms. The Kier molecular flexibility index (Phi) is 6.99. The second-order valence-corrected chi connectivity index (χ2v) is 8.97. The second kappa shape index (κ2) is 10.1. The van der Waals surface area contributed by atoms with Crippen LogP contribution < -0.4 is 10.2 Å². The highest BCUT2D eigenvalue weighted by Crippen LogP contribution is 2.28. The Balaban J connectivity index is 1.42. The van der Waals surface area contributed by atoms with Crippen LogP contribution in [-0.4, -0.2) is 42.9 Å². The molecular formula is C27H28ClN3O2. The first kappa shape index (κ1) is 22.9. The van der Waals surface area contributed by atoms with Gasteiger partial charge in [-0.15, -0.1) is 0 Å². The summed E-state index contributed by atoms with van der Waals surface area (Å²) in [5.41, 5.74) is 4.21. The number of rotatable bonds is 5. The van der Waals surface area contributed by atoms with Gasteiger partial charge in [-0.05, 0) is 60.0 Å². The molecule has 170 valence electrons. The average Bonchev–Trinajstić information content (AvgIpc) is 2.84. The third-order valence-electron chi connectivity index (χ3n) is 5.99. The van der Waals surface area contributed by atoms with Gasteiger partial charge in [0, 0.05) is 42.3 Å². The molecule has 0 aliphatic carbocycles. The lowest BCUT2D eigenvalue weighted by Crippen LogP contribution is -2.49. The molecule has 0 unspecified atom stereocenters. The zero-order chi connectivity index (χ0) is 23.4. The molecule has 0 spiro atoms. The molecule has 0 aromatic heterocycles. The summed E-state index contributed by atoms with van der Waals surface area (Å²) in [7, 11) is 0. The van der Waals surface area contributed by atoms with E-state index in [2.05, 4.69) is 24.1 Å². The molecule has 6 heteroatoms. The molecule has 3 aromatic rings. The lowest BCUT2D eigenvalue weighted by molar-refractivity contribution is 0.0746. The van der Waals surface area contributed by atoms with E-state index in [0.717, 1.165) is 11.4 Å². The summed E-state index contributed by atoms with van der Waals surface area (Å²) in [6.45, 7) is 6.87. The fourth-order valence-electron chi connectivity index (χ4n) is 3.99. The smallest absolute Gasteiger partial charge is 0.255 e. The van der Waals surface area contributed by atoms with Crippen molar-refractivity contribution in [1.29, 1.82) is 0 Å². The number of nitrogens with one attached hydrogen (secondary N) is 1. The molecule has 3 aromatic carbocycles. The van der Waals surface area contributed by atoms with Gasteiger partial charge in [0.05, 0.1) is 11.4 Å². The number of piperazine rings is 1. The van der Waals surface area contributed by atoms with Crippen molar-refractivity contribution >= 4 is 34.8 Å². The largest absolute Gasteiger partial charge is 0.366 e. The third kappa shape index (κ3) is 5.37. The number of para-hydroxylation sites is 2. The van der Waals surface area contributed by atoms with Crippen molar-refractivity contribution in [2.45, 2.75) is 19.8 Å². The van der Waals surface area contributed by atoms with Crippen molar-refractivity contribution in [3.8, 4) is 0 Å². The minimum absolute atomic E-state index is 0.0118. The maximum atomic E-state index is 12.9. The molecule has 1 N–H and O–H groups in total. The van der Waals surface area contributed by atoms with E-state index >= 15 is 0 Å². The van der Waals surface area contributed by atoms with Gasteiger partial charge >= 0.3 is 0 Å². The Labute approximate surface area is 200 Å². The molecule has 1 saturated heterocycles. The molecule has 0 radical (unpaired) electrons. The molecule has 1 heterocycles. The van der Waals surface area contributed by atoms with E-state index in [9.17, 15) is 9.59 Å². The quantitative estimate of drug-likeness (QED) is 0.532. The summed E-state index contributed by atoms with van der Waals surface area (Å²) in [5.74, 6) is 0.306. The molecule has 0 atom stereocenters. The Hall–Kier alpha value is -3.31. The molecule has 1 fully saturated rings. The maximum Gasteiger partial charge on any atom is 0.255 e. The number of hydrogen-bond donors (Lipinski definition) is 1. The highest BCUT2D eigenvalue weighted by atomic mass is 35.5. The van der Waals surface area contributed by atoms with Gasteiger partial charge in [-0.3, -0.25) is 9.59 Å². The Bertz CT molecular complexity index is 1120. The molecule has 2 amide bonds. The summed E-state index contributed by atoms with van der Waals surface area (Å²) >= 11 is 5.94. The van der Waals surface area contributed by atoms with Crippen LogP contribution in [0, 0.1) is 0 Å². The topological polar surface area (TPSA) is 52.7 Å². The molecule has 1 aliphatic rings. The number of hydrogen-bond acceptors (Lipinski definition) is 3. The van der Waals surface area contributed by atoms with Gasteiger partial charge in [-0.1, -0.05) is 49.7 Å². The van der Waals surface area contributed by atoms with Crippen molar-refractivity contribution < 1.29 is 9.59 Å². The van der Waals surface area contributed by atoms with Crippen LogP contribution in [0.25, 0.3) is 0 Å². The monoisotopic (exact) mass is 461 g/mol. The summed E-state index contributed by atoms with van der Waals surface area (Å²) < 4.78 is 0. The van der Waals surface area contributed by atoms with Crippen molar-refractivity contribution in [3.63, 3.8) is 0 Å². The van der Waals surface area contributed by atoms with E-state index in [1.807, 2.05) is 53.4 Å². The molecule has 5 nitrogen and oxygen atoms in total. The zero-order valence-electron chi connectivity index (χ0n) is 18.9. The normalized spacial score (nSPS) is 13.8. The van der Waals surface area contributed by atoms with Crippen LogP contribution in [0.2, 0.25) is 5.02 Å². The number of amides is 2. The molecule has 4 rings (SSSR count). The lowest BCUT2D eigenvalue weighted by atomic mass is 10.0. The van der Waals surface area contributed by atoms with Gasteiger partial charge in [-0.2, -0.15) is 0 Å². The highest BCUT2D eigenvalue weighted by molar-refractivity contribution is 6.30. The van der Waals surface area contributed by atoms with Crippen LogP contribution in [0.3, 0.4) is 0 Å². The minimum atomic E-state index is -0.130. The first-order valence-electron chi connectivity index (χ1n) is 11.2. The molecule has 1 aliphatic heterocycles. The highest BCUT2D eigenvalue weighted by Gasteiger charge is 2.24. The van der Waals surface area contributed by atoms with Crippen LogP contribution in [0.1, 0.15) is 46.0 Å². The fraction of sp³-hybridized carbons (Fsp3) is 0.259. The first-order chi connectivity index (χ1) is 15.9. The van der Waals surface area contributed by atoms with Crippen molar-refractivity contribution in [2.24, 2.45) is 0 Å². The van der Waals surface area contributed by atoms with Gasteiger partial charge in [-0.25, -0.2) is 0 Å². The van der Waals surface area contributed by atoms with Crippen LogP contribution in [0.15, 0.2) is 72.8 Å². The number of halogens is 1. The predicted molar refractivity (Wildman–Crippen MR) is 134 cm³/mol. The van der Waals surface area contributed by atoms with E-state index in [1.54, 1.807) is 24.3 Å². The van der Waals surface area contributed by atoms with Crippen LogP contribution in [0.4, 0.5) is 11.4 Å². The van der Waals surface area contributed by atoms with E-state index < -0.39 is 0 Å². The number of carbonyl (C=O) groups excluding carboxylic acids is 2. The van der Waals surface area contributed by atoms with Gasteiger partial charge in [0.25, 0.3) is 11.8 Å². The van der Waals surface area contributed by atoms with Crippen molar-refractivity contribution in [3.05, 3.63) is 94.5 Å². The Morgan fingerprint density at radius 1 is 0.818 bits per heavy atom. The SMILES string of the molecule is CC(C)c1ccc(C(=O)Nc2ccccc2N2CCN(C(=O)c3ccc(Cl)cc3)CC2)cc1. The lowest BCUT2D eigenvalue weighted by Gasteiger charge is -2.37. The van der Waals surface area contributed by atoms with E-state index in [0.29, 0.717) is 48.2 Å². The summed E-state index contributed by atoms with van der Waals surface area (Å²) in [5, 5.41) is 3.68. The first-order valence-corrected chi connectivity index (χ1v) is 11.6.